The molecule has 2 aromatic rings. The van der Waals surface area contributed by atoms with Gasteiger partial charge in [0.1, 0.15) is 5.82 Å². The van der Waals surface area contributed by atoms with Gasteiger partial charge in [-0.25, -0.2) is 4.98 Å². The first-order valence-corrected chi connectivity index (χ1v) is 8.56. The van der Waals surface area contributed by atoms with Crippen molar-refractivity contribution >= 4 is 5.91 Å². The molecule has 1 amide bonds. The Labute approximate surface area is 143 Å². The average Bonchev–Trinajstić information content (AvgIpc) is 3.09. The highest BCUT2D eigenvalue weighted by Gasteiger charge is 2.26. The Bertz CT molecular complexity index is 692. The highest BCUT2D eigenvalue weighted by molar-refractivity contribution is 5.77. The maximum absolute atomic E-state index is 12.3. The minimum absolute atomic E-state index is 0.213. The maximum Gasteiger partial charge on any atom is 0.226 e. The predicted octanol–water partition coefficient (Wildman–Crippen LogP) is 3.00. The van der Waals surface area contributed by atoms with Crippen molar-refractivity contribution in [1.29, 1.82) is 0 Å². The van der Waals surface area contributed by atoms with Gasteiger partial charge in [0.2, 0.25) is 5.91 Å². The van der Waals surface area contributed by atoms with Gasteiger partial charge in [-0.1, -0.05) is 12.2 Å². The molecule has 1 aliphatic rings. The van der Waals surface area contributed by atoms with Gasteiger partial charge in [-0.2, -0.15) is 0 Å². The fourth-order valence-corrected chi connectivity index (χ4v) is 3.26. The second kappa shape index (κ2) is 7.90. The summed E-state index contributed by atoms with van der Waals surface area (Å²) in [6.45, 7) is 4.37. The molecular formula is C19H24N4O. The second-order valence-electron chi connectivity index (χ2n) is 6.22. The summed E-state index contributed by atoms with van der Waals surface area (Å²) in [4.78, 5) is 22.9. The van der Waals surface area contributed by atoms with E-state index in [4.69, 9.17) is 0 Å². The number of pyridine rings is 1. The van der Waals surface area contributed by atoms with Crippen molar-refractivity contribution in [1.82, 2.24) is 19.4 Å². The van der Waals surface area contributed by atoms with Gasteiger partial charge >= 0.3 is 0 Å². The average molecular weight is 324 g/mol. The molecule has 0 aliphatic carbocycles. The first-order chi connectivity index (χ1) is 11.8. The third kappa shape index (κ3) is 3.91. The van der Waals surface area contributed by atoms with Crippen LogP contribution in [0.1, 0.15) is 43.5 Å². The predicted molar refractivity (Wildman–Crippen MR) is 93.6 cm³/mol. The Morgan fingerprint density at radius 2 is 2.17 bits per heavy atom. The molecule has 0 saturated carbocycles. The quantitative estimate of drug-likeness (QED) is 0.795. The first-order valence-electron chi connectivity index (χ1n) is 8.56. The lowest BCUT2D eigenvalue weighted by atomic mass is 9.96. The molecule has 24 heavy (non-hydrogen) atoms. The fraction of sp³-hybridized carbons (Fsp3) is 0.421. The normalized spacial score (nSPS) is 18.2. The molecule has 5 nitrogen and oxygen atoms in total. The number of aromatic nitrogens is 3. The molecule has 0 aromatic carbocycles. The van der Waals surface area contributed by atoms with Crippen LogP contribution in [-0.4, -0.2) is 38.4 Å². The van der Waals surface area contributed by atoms with Crippen LogP contribution in [0, 0.1) is 0 Å². The minimum Gasteiger partial charge on any atom is -0.342 e. The summed E-state index contributed by atoms with van der Waals surface area (Å²) in [7, 11) is 0. The van der Waals surface area contributed by atoms with Gasteiger partial charge in [0.05, 0.1) is 0 Å². The van der Waals surface area contributed by atoms with E-state index in [2.05, 4.69) is 14.5 Å². The Morgan fingerprint density at radius 3 is 2.96 bits per heavy atom. The van der Waals surface area contributed by atoms with E-state index in [1.807, 2.05) is 60.9 Å². The molecule has 1 fully saturated rings. The van der Waals surface area contributed by atoms with Crippen molar-refractivity contribution < 1.29 is 4.79 Å². The van der Waals surface area contributed by atoms with Crippen LogP contribution in [0.2, 0.25) is 0 Å². The van der Waals surface area contributed by atoms with E-state index in [1.54, 1.807) is 0 Å². The molecule has 1 unspecified atom stereocenters. The topological polar surface area (TPSA) is 51.0 Å². The van der Waals surface area contributed by atoms with E-state index < -0.39 is 0 Å². The number of hydrogen-bond donors (Lipinski definition) is 0. The fourth-order valence-electron chi connectivity index (χ4n) is 3.26. The Morgan fingerprint density at radius 1 is 1.33 bits per heavy atom. The van der Waals surface area contributed by atoms with Crippen molar-refractivity contribution in [3.8, 4) is 0 Å². The first kappa shape index (κ1) is 16.4. The van der Waals surface area contributed by atoms with Gasteiger partial charge in [0.15, 0.2) is 0 Å². The molecule has 3 heterocycles. The highest BCUT2D eigenvalue weighted by atomic mass is 16.2. The molecular weight excluding hydrogens is 300 g/mol. The number of carbonyl (C=O) groups is 1. The smallest absolute Gasteiger partial charge is 0.226 e. The van der Waals surface area contributed by atoms with Gasteiger partial charge in [0.25, 0.3) is 0 Å². The van der Waals surface area contributed by atoms with Gasteiger partial charge in [-0.15, -0.1) is 0 Å². The number of carbonyl (C=O) groups excluding carboxylic acids is 1. The van der Waals surface area contributed by atoms with Crippen LogP contribution >= 0.6 is 0 Å². The van der Waals surface area contributed by atoms with Gasteiger partial charge in [-0.05, 0) is 37.5 Å². The van der Waals surface area contributed by atoms with Gasteiger partial charge < -0.3 is 9.47 Å². The number of nitrogens with zero attached hydrogens (tertiary/aromatic N) is 4. The van der Waals surface area contributed by atoms with Crippen molar-refractivity contribution in [3.05, 3.63) is 60.5 Å². The Kier molecular flexibility index (Phi) is 5.41. The van der Waals surface area contributed by atoms with Crippen LogP contribution in [0.15, 0.2) is 49.1 Å². The number of piperidine rings is 1. The molecule has 5 heteroatoms. The third-order valence-corrected chi connectivity index (χ3v) is 4.52. The molecule has 126 valence electrons. The van der Waals surface area contributed by atoms with Crippen molar-refractivity contribution in [2.24, 2.45) is 0 Å². The number of amides is 1. The number of allylic oxidation sites excluding steroid dienone is 1. The summed E-state index contributed by atoms with van der Waals surface area (Å²) in [5.41, 5.74) is 1.21. The molecule has 1 saturated heterocycles. The van der Waals surface area contributed by atoms with Gasteiger partial charge in [-0.3, -0.25) is 9.78 Å². The Balaban J connectivity index is 1.70. The number of likely N-dealkylation sites (tertiary alicyclic amines) is 1. The zero-order chi connectivity index (χ0) is 16.8. The van der Waals surface area contributed by atoms with Crippen LogP contribution in [0.3, 0.4) is 0 Å². The largest absolute Gasteiger partial charge is 0.342 e. The van der Waals surface area contributed by atoms with E-state index in [0.29, 0.717) is 12.3 Å². The molecule has 3 rings (SSSR count). The summed E-state index contributed by atoms with van der Waals surface area (Å²) >= 11 is 0. The van der Waals surface area contributed by atoms with Crippen molar-refractivity contribution in [2.45, 2.75) is 38.6 Å². The maximum atomic E-state index is 12.3. The SMILES string of the molecule is CC=CCC(=O)N1CCCC(c2nccn2Cc2ccncc2)C1. The standard InChI is InChI=1S/C19H24N4O/c1-2-3-6-18(24)22-12-4-5-17(15-22)19-21-11-13-23(19)14-16-7-9-20-10-8-16/h2-3,7-11,13,17H,4-6,12,14-15H2,1H3. The van der Waals surface area contributed by atoms with Crippen LogP contribution in [0.4, 0.5) is 0 Å². The van der Waals surface area contributed by atoms with Crippen molar-refractivity contribution in [2.75, 3.05) is 13.1 Å². The third-order valence-electron chi connectivity index (χ3n) is 4.52. The monoisotopic (exact) mass is 324 g/mol. The zero-order valence-electron chi connectivity index (χ0n) is 14.1. The van der Waals surface area contributed by atoms with Crippen LogP contribution in [0.25, 0.3) is 0 Å². The second-order valence-corrected chi connectivity index (χ2v) is 6.22. The van der Waals surface area contributed by atoms with Crippen LogP contribution in [-0.2, 0) is 11.3 Å². The summed E-state index contributed by atoms with van der Waals surface area (Å²) in [6, 6.07) is 4.05. The van der Waals surface area contributed by atoms with E-state index in [-0.39, 0.29) is 5.91 Å². The van der Waals surface area contributed by atoms with E-state index in [9.17, 15) is 4.79 Å². The number of rotatable bonds is 5. The van der Waals surface area contributed by atoms with Crippen LogP contribution in [0.5, 0.6) is 0 Å². The highest BCUT2D eigenvalue weighted by Crippen LogP contribution is 2.26. The van der Waals surface area contributed by atoms with E-state index in [0.717, 1.165) is 38.3 Å². The summed E-state index contributed by atoms with van der Waals surface area (Å²) in [6.07, 6.45) is 14.0. The van der Waals surface area contributed by atoms with Gasteiger partial charge in [0, 0.05) is 56.8 Å². The Hall–Kier alpha value is -2.43. The lowest BCUT2D eigenvalue weighted by Crippen LogP contribution is -2.39. The van der Waals surface area contributed by atoms with Crippen molar-refractivity contribution in [3.63, 3.8) is 0 Å². The molecule has 1 aliphatic heterocycles. The summed E-state index contributed by atoms with van der Waals surface area (Å²) in [5.74, 6) is 1.60. The lowest BCUT2D eigenvalue weighted by molar-refractivity contribution is -0.131. The van der Waals surface area contributed by atoms with E-state index >= 15 is 0 Å². The molecule has 2 aromatic heterocycles. The number of imidazole rings is 1. The minimum atomic E-state index is 0.213. The molecule has 0 radical (unpaired) electrons. The molecule has 1 atom stereocenters. The van der Waals surface area contributed by atoms with Crippen LogP contribution < -0.4 is 0 Å². The molecule has 0 spiro atoms. The van der Waals surface area contributed by atoms with E-state index in [1.165, 1.54) is 5.56 Å². The zero-order valence-corrected chi connectivity index (χ0v) is 14.1. The summed E-state index contributed by atoms with van der Waals surface area (Å²) in [5, 5.41) is 0. The summed E-state index contributed by atoms with van der Waals surface area (Å²) < 4.78 is 2.19. The molecule has 0 N–H and O–H groups in total. The molecule has 0 bridgehead atoms. The number of hydrogen-bond acceptors (Lipinski definition) is 3. The lowest BCUT2D eigenvalue weighted by Gasteiger charge is -2.32.